The molecule has 1 aliphatic heterocycles. The number of nitrogens with one attached hydrogen (secondary N) is 1. The van der Waals surface area contributed by atoms with Crippen LogP contribution in [0.1, 0.15) is 38.2 Å². The van der Waals surface area contributed by atoms with Crippen LogP contribution in [-0.2, 0) is 6.54 Å². The predicted octanol–water partition coefficient (Wildman–Crippen LogP) is 3.32. The summed E-state index contributed by atoms with van der Waals surface area (Å²) in [6.45, 7) is 5.23. The van der Waals surface area contributed by atoms with E-state index in [1.807, 2.05) is 0 Å². The van der Waals surface area contributed by atoms with Gasteiger partial charge in [-0.25, -0.2) is 8.78 Å². The third kappa shape index (κ3) is 4.25. The molecular weight excluding hydrogens is 258 g/mol. The number of rotatable bonds is 6. The summed E-state index contributed by atoms with van der Waals surface area (Å²) in [6, 6.07) is 4.54. The van der Waals surface area contributed by atoms with Crippen molar-refractivity contribution in [3.8, 4) is 0 Å². The fourth-order valence-corrected chi connectivity index (χ4v) is 2.85. The standard InChI is InChI=1S/C16H24F2N2/c1-2-10-20(11-13-6-3-4-9-19-13)12-14-15(17)7-5-8-16(14)18/h5,7-8,13,19H,2-4,6,9-12H2,1H3. The van der Waals surface area contributed by atoms with Gasteiger partial charge in [0.05, 0.1) is 0 Å². The smallest absolute Gasteiger partial charge is 0.130 e. The van der Waals surface area contributed by atoms with Crippen LogP contribution in [0.2, 0.25) is 0 Å². The van der Waals surface area contributed by atoms with Crippen LogP contribution in [0.4, 0.5) is 8.78 Å². The first-order valence-electron chi connectivity index (χ1n) is 7.59. The molecule has 1 N–H and O–H groups in total. The number of halogens is 2. The number of benzene rings is 1. The molecule has 1 unspecified atom stereocenters. The fraction of sp³-hybridized carbons (Fsp3) is 0.625. The van der Waals surface area contributed by atoms with Crippen molar-refractivity contribution in [2.75, 3.05) is 19.6 Å². The van der Waals surface area contributed by atoms with E-state index in [1.54, 1.807) is 0 Å². The summed E-state index contributed by atoms with van der Waals surface area (Å²) in [7, 11) is 0. The molecule has 0 spiro atoms. The Hall–Kier alpha value is -1.00. The van der Waals surface area contributed by atoms with E-state index in [0.717, 1.165) is 32.5 Å². The second kappa shape index (κ2) is 7.70. The van der Waals surface area contributed by atoms with Crippen molar-refractivity contribution in [2.45, 2.75) is 45.2 Å². The lowest BCUT2D eigenvalue weighted by atomic mass is 10.0. The molecule has 1 aromatic carbocycles. The van der Waals surface area contributed by atoms with Gasteiger partial charge in [0.2, 0.25) is 0 Å². The summed E-state index contributed by atoms with van der Waals surface area (Å²) in [6.07, 6.45) is 4.61. The first kappa shape index (κ1) is 15.4. The molecule has 0 aliphatic carbocycles. The van der Waals surface area contributed by atoms with E-state index < -0.39 is 11.6 Å². The van der Waals surface area contributed by atoms with Gasteiger partial charge in [-0.3, -0.25) is 4.90 Å². The molecule has 20 heavy (non-hydrogen) atoms. The maximum absolute atomic E-state index is 13.7. The predicted molar refractivity (Wildman–Crippen MR) is 77.6 cm³/mol. The normalized spacial score (nSPS) is 19.5. The van der Waals surface area contributed by atoms with Crippen molar-refractivity contribution in [3.63, 3.8) is 0 Å². The zero-order valence-corrected chi connectivity index (χ0v) is 12.2. The average molecular weight is 282 g/mol. The molecule has 0 saturated carbocycles. The highest BCUT2D eigenvalue weighted by Crippen LogP contribution is 2.16. The molecule has 0 aromatic heterocycles. The molecule has 0 bridgehead atoms. The molecule has 1 aliphatic rings. The Morgan fingerprint density at radius 3 is 2.60 bits per heavy atom. The van der Waals surface area contributed by atoms with E-state index in [9.17, 15) is 8.78 Å². The third-order valence-electron chi connectivity index (χ3n) is 3.87. The summed E-state index contributed by atoms with van der Waals surface area (Å²) in [5.41, 5.74) is 0.191. The number of hydrogen-bond acceptors (Lipinski definition) is 2. The lowest BCUT2D eigenvalue weighted by Crippen LogP contribution is -2.43. The minimum absolute atomic E-state index is 0.191. The van der Waals surface area contributed by atoms with Gasteiger partial charge in [-0.1, -0.05) is 19.4 Å². The maximum atomic E-state index is 13.7. The van der Waals surface area contributed by atoms with Crippen LogP contribution in [0.25, 0.3) is 0 Å². The molecule has 4 heteroatoms. The summed E-state index contributed by atoms with van der Waals surface area (Å²) >= 11 is 0. The van der Waals surface area contributed by atoms with E-state index in [4.69, 9.17) is 0 Å². The van der Waals surface area contributed by atoms with Crippen LogP contribution in [0.5, 0.6) is 0 Å². The first-order valence-corrected chi connectivity index (χ1v) is 7.59. The molecule has 0 amide bonds. The highest BCUT2D eigenvalue weighted by atomic mass is 19.1. The zero-order chi connectivity index (χ0) is 14.4. The molecular formula is C16H24F2N2. The van der Waals surface area contributed by atoms with Crippen molar-refractivity contribution < 1.29 is 8.78 Å². The van der Waals surface area contributed by atoms with Gasteiger partial charge in [0.1, 0.15) is 11.6 Å². The number of hydrogen-bond donors (Lipinski definition) is 1. The van der Waals surface area contributed by atoms with Crippen LogP contribution in [0.3, 0.4) is 0 Å². The lowest BCUT2D eigenvalue weighted by Gasteiger charge is -2.30. The SMILES string of the molecule is CCCN(Cc1c(F)cccc1F)CC1CCCCN1. The Kier molecular flexibility index (Phi) is 5.92. The molecule has 1 fully saturated rings. The van der Waals surface area contributed by atoms with Gasteiger partial charge in [-0.05, 0) is 44.5 Å². The van der Waals surface area contributed by atoms with Crippen molar-refractivity contribution in [1.82, 2.24) is 10.2 Å². The van der Waals surface area contributed by atoms with E-state index in [2.05, 4.69) is 17.1 Å². The quantitative estimate of drug-likeness (QED) is 0.861. The van der Waals surface area contributed by atoms with E-state index >= 15 is 0 Å². The Balaban J connectivity index is 2.00. The van der Waals surface area contributed by atoms with Crippen LogP contribution < -0.4 is 5.32 Å². The van der Waals surface area contributed by atoms with Gasteiger partial charge in [-0.2, -0.15) is 0 Å². The van der Waals surface area contributed by atoms with E-state index in [1.165, 1.54) is 31.0 Å². The molecule has 112 valence electrons. The van der Waals surface area contributed by atoms with Crippen LogP contribution in [0, 0.1) is 11.6 Å². The topological polar surface area (TPSA) is 15.3 Å². The minimum atomic E-state index is -0.442. The van der Waals surface area contributed by atoms with E-state index in [0.29, 0.717) is 12.6 Å². The van der Waals surface area contributed by atoms with Gasteiger partial charge >= 0.3 is 0 Å². The third-order valence-corrected chi connectivity index (χ3v) is 3.87. The van der Waals surface area contributed by atoms with Crippen LogP contribution >= 0.6 is 0 Å². The van der Waals surface area contributed by atoms with Crippen molar-refractivity contribution >= 4 is 0 Å². The van der Waals surface area contributed by atoms with Crippen molar-refractivity contribution in [1.29, 1.82) is 0 Å². The first-order chi connectivity index (χ1) is 9.70. The second-order valence-electron chi connectivity index (χ2n) is 5.58. The second-order valence-corrected chi connectivity index (χ2v) is 5.58. The van der Waals surface area contributed by atoms with Gasteiger partial charge in [0.15, 0.2) is 0 Å². The molecule has 0 radical (unpaired) electrons. The van der Waals surface area contributed by atoms with Crippen LogP contribution in [-0.4, -0.2) is 30.6 Å². The Morgan fingerprint density at radius 1 is 1.25 bits per heavy atom. The largest absolute Gasteiger partial charge is 0.313 e. The van der Waals surface area contributed by atoms with Gasteiger partial charge in [-0.15, -0.1) is 0 Å². The van der Waals surface area contributed by atoms with Gasteiger partial charge in [0.25, 0.3) is 0 Å². The lowest BCUT2D eigenvalue weighted by molar-refractivity contribution is 0.212. The molecule has 1 heterocycles. The fourth-order valence-electron chi connectivity index (χ4n) is 2.85. The van der Waals surface area contributed by atoms with Crippen molar-refractivity contribution in [2.24, 2.45) is 0 Å². The molecule has 1 atom stereocenters. The Bertz CT molecular complexity index is 397. The molecule has 1 aromatic rings. The molecule has 2 rings (SSSR count). The summed E-state index contributed by atoms with van der Waals surface area (Å²) in [5.74, 6) is -0.884. The van der Waals surface area contributed by atoms with E-state index in [-0.39, 0.29) is 5.56 Å². The maximum Gasteiger partial charge on any atom is 0.130 e. The minimum Gasteiger partial charge on any atom is -0.313 e. The summed E-state index contributed by atoms with van der Waals surface area (Å²) in [4.78, 5) is 2.16. The number of piperidine rings is 1. The van der Waals surface area contributed by atoms with Crippen molar-refractivity contribution in [3.05, 3.63) is 35.4 Å². The highest BCUT2D eigenvalue weighted by Gasteiger charge is 2.18. The average Bonchev–Trinajstić information content (AvgIpc) is 2.44. The summed E-state index contributed by atoms with van der Waals surface area (Å²) < 4.78 is 27.5. The van der Waals surface area contributed by atoms with Crippen LogP contribution in [0.15, 0.2) is 18.2 Å². The highest BCUT2D eigenvalue weighted by molar-refractivity contribution is 5.19. The molecule has 1 saturated heterocycles. The summed E-state index contributed by atoms with van der Waals surface area (Å²) in [5, 5.41) is 3.49. The monoisotopic (exact) mass is 282 g/mol. The molecule has 2 nitrogen and oxygen atoms in total. The zero-order valence-electron chi connectivity index (χ0n) is 12.2. The Labute approximate surface area is 120 Å². The number of nitrogens with zero attached hydrogens (tertiary/aromatic N) is 1. The van der Waals surface area contributed by atoms with Gasteiger partial charge in [0, 0.05) is 24.7 Å². The Morgan fingerprint density at radius 2 is 2.00 bits per heavy atom. The van der Waals surface area contributed by atoms with Gasteiger partial charge < -0.3 is 5.32 Å².